The summed E-state index contributed by atoms with van der Waals surface area (Å²) in [6, 6.07) is 9.81. The van der Waals surface area contributed by atoms with Crippen LogP contribution in [0.2, 0.25) is 5.04 Å². The van der Waals surface area contributed by atoms with Crippen LogP contribution in [0.25, 0.3) is 28.5 Å². The zero-order chi connectivity index (χ0) is 29.6. The van der Waals surface area contributed by atoms with Gasteiger partial charge in [0.25, 0.3) is 0 Å². The van der Waals surface area contributed by atoms with E-state index in [1.54, 1.807) is 10.4 Å². The minimum absolute atomic E-state index is 0.0747. The summed E-state index contributed by atoms with van der Waals surface area (Å²) in [5, 5.41) is 4.68. The molecule has 0 bridgehead atoms. The van der Waals surface area contributed by atoms with Crippen molar-refractivity contribution in [2.45, 2.75) is 69.7 Å². The first kappa shape index (κ1) is 27.4. The van der Waals surface area contributed by atoms with Gasteiger partial charge in [0, 0.05) is 17.0 Å². The van der Waals surface area contributed by atoms with Crippen LogP contribution in [0.15, 0.2) is 120 Å². The van der Waals surface area contributed by atoms with Crippen LogP contribution in [0, 0.1) is 0 Å². The van der Waals surface area contributed by atoms with Crippen molar-refractivity contribution < 1.29 is 0 Å². The molecule has 0 radical (unpaired) electrons. The van der Waals surface area contributed by atoms with Crippen LogP contribution in [0.3, 0.4) is 0 Å². The highest BCUT2D eigenvalue weighted by Crippen LogP contribution is 2.55. The van der Waals surface area contributed by atoms with E-state index < -0.39 is 8.07 Å². The largest absolute Gasteiger partial charge is 0.343 e. The molecular formula is C40H41N3Si. The molecule has 2 atom stereocenters. The van der Waals surface area contributed by atoms with Gasteiger partial charge in [0.05, 0.1) is 11.8 Å². The molecule has 5 aliphatic rings. The quantitative estimate of drug-likeness (QED) is 0.285. The molecule has 1 N–H and O–H groups in total. The number of rotatable bonds is 6. The van der Waals surface area contributed by atoms with Crippen LogP contribution in [-0.2, 0) is 6.42 Å². The maximum atomic E-state index is 4.87. The number of benzene rings is 1. The molecule has 220 valence electrons. The SMILES string of the molecule is CC1([Si](C2=CCCC=C2)(C2=CC=CCC2)c2ccc(C3=CCCC=C3)cc2)C=Cc2c(n(C3=CC=CCC3)c3nc[nH]c23)C1. The number of H-pyrrole nitrogens is 1. The Bertz CT molecular complexity index is 1890. The Kier molecular flexibility index (Phi) is 6.90. The first-order valence-corrected chi connectivity index (χ1v) is 18.5. The van der Waals surface area contributed by atoms with E-state index in [0.717, 1.165) is 69.0 Å². The molecule has 0 aliphatic heterocycles. The Morgan fingerprint density at radius 1 is 0.818 bits per heavy atom. The van der Waals surface area contributed by atoms with Crippen LogP contribution in [0.4, 0.5) is 0 Å². The molecule has 0 spiro atoms. The topological polar surface area (TPSA) is 33.6 Å². The van der Waals surface area contributed by atoms with Gasteiger partial charge in [-0.2, -0.15) is 0 Å². The normalized spacial score (nSPS) is 24.0. The van der Waals surface area contributed by atoms with Crippen molar-refractivity contribution in [3.8, 4) is 0 Å². The number of hydrogen-bond acceptors (Lipinski definition) is 1. The maximum absolute atomic E-state index is 4.87. The second-order valence-corrected chi connectivity index (χ2v) is 17.6. The molecule has 2 aromatic heterocycles. The van der Waals surface area contributed by atoms with Crippen molar-refractivity contribution in [3.05, 3.63) is 137 Å². The highest BCUT2D eigenvalue weighted by Gasteiger charge is 2.56. The van der Waals surface area contributed by atoms with E-state index >= 15 is 0 Å². The molecule has 1 aromatic carbocycles. The first-order chi connectivity index (χ1) is 21.7. The Hall–Kier alpha value is -4.15. The molecule has 3 nitrogen and oxygen atoms in total. The Morgan fingerprint density at radius 2 is 1.61 bits per heavy atom. The maximum Gasteiger partial charge on any atom is 0.163 e. The van der Waals surface area contributed by atoms with E-state index in [1.807, 2.05) is 6.33 Å². The fraction of sp³-hybridized carbons (Fsp3) is 0.275. The monoisotopic (exact) mass is 591 g/mol. The molecule has 0 fully saturated rings. The zero-order valence-electron chi connectivity index (χ0n) is 25.7. The molecule has 5 aliphatic carbocycles. The molecule has 0 saturated carbocycles. The van der Waals surface area contributed by atoms with Gasteiger partial charge in [-0.15, -0.1) is 0 Å². The number of hydrogen-bond donors (Lipinski definition) is 1. The first-order valence-electron chi connectivity index (χ1n) is 16.5. The van der Waals surface area contributed by atoms with Crippen molar-refractivity contribution >= 4 is 41.8 Å². The zero-order valence-corrected chi connectivity index (χ0v) is 26.7. The smallest absolute Gasteiger partial charge is 0.163 e. The molecule has 3 aromatic rings. The summed E-state index contributed by atoms with van der Waals surface area (Å²) in [5.74, 6) is 0. The third-order valence-electron chi connectivity index (χ3n) is 10.5. The van der Waals surface area contributed by atoms with Gasteiger partial charge in [-0.25, -0.2) is 4.98 Å². The van der Waals surface area contributed by atoms with Gasteiger partial charge < -0.3 is 9.55 Å². The summed E-state index contributed by atoms with van der Waals surface area (Å²) in [6.45, 7) is 2.58. The Balaban J connectivity index is 1.35. The van der Waals surface area contributed by atoms with E-state index in [9.17, 15) is 0 Å². The standard InChI is InChI=1S/C40H41N3Si/c1-40(27-26-36-37(28-40)43(32-16-8-3-9-17-32)39-38(36)41-29-42-39)44(33-18-10-4-11-19-33,34-20-12-5-13-21-34)35-24-22-31(23-25-35)30-14-6-2-7-15-30/h3-4,6,8,10,12,14-16,18,20-27,29H,2,5,7,9,11,13,17,19,28H2,1H3,(H,41,42). The van der Waals surface area contributed by atoms with Crippen LogP contribution in [0.1, 0.15) is 75.1 Å². The van der Waals surface area contributed by atoms with Crippen LogP contribution >= 0.6 is 0 Å². The summed E-state index contributed by atoms with van der Waals surface area (Å²) < 4.78 is 2.50. The molecule has 0 amide bonds. The fourth-order valence-corrected chi connectivity index (χ4v) is 14.8. The van der Waals surface area contributed by atoms with Crippen molar-refractivity contribution in [2.75, 3.05) is 0 Å². The van der Waals surface area contributed by atoms with Gasteiger partial charge in [0.1, 0.15) is 0 Å². The number of allylic oxidation sites excluding steroid dienone is 17. The van der Waals surface area contributed by atoms with Crippen LogP contribution in [-0.4, -0.2) is 22.6 Å². The average Bonchev–Trinajstić information content (AvgIpc) is 3.68. The number of fused-ring (bicyclic) bond motifs is 3. The van der Waals surface area contributed by atoms with Gasteiger partial charge in [-0.05, 0) is 85.2 Å². The van der Waals surface area contributed by atoms with Crippen LogP contribution < -0.4 is 5.19 Å². The lowest BCUT2D eigenvalue weighted by Gasteiger charge is -2.51. The molecule has 44 heavy (non-hydrogen) atoms. The van der Waals surface area contributed by atoms with E-state index in [1.165, 1.54) is 33.3 Å². The Labute approximate surface area is 262 Å². The summed E-state index contributed by atoms with van der Waals surface area (Å²) in [4.78, 5) is 8.36. The second kappa shape index (κ2) is 11.1. The van der Waals surface area contributed by atoms with E-state index in [-0.39, 0.29) is 5.04 Å². The van der Waals surface area contributed by atoms with Crippen molar-refractivity contribution in [1.82, 2.24) is 14.5 Å². The lowest BCUT2D eigenvalue weighted by Crippen LogP contribution is -2.61. The number of imidazole rings is 1. The highest BCUT2D eigenvalue weighted by molar-refractivity contribution is 7.06. The molecule has 4 heteroatoms. The highest BCUT2D eigenvalue weighted by atomic mass is 28.3. The number of aromatic amines is 1. The van der Waals surface area contributed by atoms with Crippen LogP contribution in [0.5, 0.6) is 0 Å². The third kappa shape index (κ3) is 4.26. The predicted octanol–water partition coefficient (Wildman–Crippen LogP) is 9.61. The van der Waals surface area contributed by atoms with Gasteiger partial charge >= 0.3 is 0 Å². The van der Waals surface area contributed by atoms with Gasteiger partial charge in [-0.3, -0.25) is 0 Å². The molecule has 0 saturated heterocycles. The van der Waals surface area contributed by atoms with E-state index in [2.05, 4.69) is 126 Å². The fourth-order valence-electron chi connectivity index (χ4n) is 8.53. The summed E-state index contributed by atoms with van der Waals surface area (Å²) in [7, 11) is -2.55. The van der Waals surface area contributed by atoms with Gasteiger partial charge in [0.2, 0.25) is 0 Å². The second-order valence-electron chi connectivity index (χ2n) is 13.1. The lowest BCUT2D eigenvalue weighted by molar-refractivity contribution is 0.683. The summed E-state index contributed by atoms with van der Waals surface area (Å²) >= 11 is 0. The van der Waals surface area contributed by atoms with Crippen molar-refractivity contribution in [3.63, 3.8) is 0 Å². The van der Waals surface area contributed by atoms with E-state index in [4.69, 9.17) is 4.98 Å². The molecule has 8 rings (SSSR count). The van der Waals surface area contributed by atoms with E-state index in [0.29, 0.717) is 0 Å². The molecule has 2 unspecified atom stereocenters. The number of nitrogens with one attached hydrogen (secondary N) is 1. The van der Waals surface area contributed by atoms with Crippen molar-refractivity contribution in [1.29, 1.82) is 0 Å². The molecule has 2 heterocycles. The summed E-state index contributed by atoms with van der Waals surface area (Å²) in [6.07, 6.45) is 45.3. The molecular weight excluding hydrogens is 551 g/mol. The lowest BCUT2D eigenvalue weighted by atomic mass is 9.94. The van der Waals surface area contributed by atoms with Gasteiger partial charge in [0.15, 0.2) is 13.7 Å². The van der Waals surface area contributed by atoms with Gasteiger partial charge in [-0.1, -0.05) is 121 Å². The number of nitrogens with zero attached hydrogens (tertiary/aromatic N) is 2. The Morgan fingerprint density at radius 3 is 2.32 bits per heavy atom. The summed E-state index contributed by atoms with van der Waals surface area (Å²) in [5.41, 5.74) is 8.98. The minimum atomic E-state index is -2.55. The number of aromatic nitrogens is 3. The average molecular weight is 592 g/mol. The third-order valence-corrected chi connectivity index (χ3v) is 16.4. The predicted molar refractivity (Wildman–Crippen MR) is 189 cm³/mol. The van der Waals surface area contributed by atoms with Crippen molar-refractivity contribution in [2.24, 2.45) is 0 Å². The minimum Gasteiger partial charge on any atom is -0.343 e.